The highest BCUT2D eigenvalue weighted by Gasteiger charge is 2.06. The topological polar surface area (TPSA) is 102 Å². The summed E-state index contributed by atoms with van der Waals surface area (Å²) in [5.41, 5.74) is 3.75. The Morgan fingerprint density at radius 2 is 2.20 bits per heavy atom. The van der Waals surface area contributed by atoms with Crippen molar-refractivity contribution >= 4 is 11.7 Å². The van der Waals surface area contributed by atoms with Gasteiger partial charge in [-0.15, -0.1) is 0 Å². The van der Waals surface area contributed by atoms with Gasteiger partial charge in [-0.25, -0.2) is 15.8 Å². The van der Waals surface area contributed by atoms with Crippen molar-refractivity contribution in [3.63, 3.8) is 0 Å². The lowest BCUT2D eigenvalue weighted by Crippen LogP contribution is -2.23. The standard InChI is InChI=1S/C13H15N5O2/c1-20-12-3-2-9(7-16-12)8-17-13(19)10-4-5-15-11(6-10)18-14/h2-7H,8,14H2,1H3,(H,15,18)(H,17,19). The molecule has 0 atom stereocenters. The van der Waals surface area contributed by atoms with Gasteiger partial charge in [-0.3, -0.25) is 4.79 Å². The van der Waals surface area contributed by atoms with E-state index in [4.69, 9.17) is 10.6 Å². The van der Waals surface area contributed by atoms with Crippen LogP contribution in [0.1, 0.15) is 15.9 Å². The van der Waals surface area contributed by atoms with Gasteiger partial charge in [-0.05, 0) is 17.7 Å². The molecular formula is C13H15N5O2. The number of nitrogens with one attached hydrogen (secondary N) is 2. The Kier molecular flexibility index (Phi) is 4.46. The van der Waals surface area contributed by atoms with Crippen LogP contribution in [0.5, 0.6) is 5.88 Å². The van der Waals surface area contributed by atoms with Crippen molar-refractivity contribution in [2.75, 3.05) is 12.5 Å². The Hall–Kier alpha value is -2.67. The summed E-state index contributed by atoms with van der Waals surface area (Å²) < 4.78 is 4.97. The third kappa shape index (κ3) is 3.42. The minimum Gasteiger partial charge on any atom is -0.481 e. The number of carbonyl (C=O) groups is 1. The van der Waals surface area contributed by atoms with E-state index in [1.54, 1.807) is 31.5 Å². The lowest BCUT2D eigenvalue weighted by atomic mass is 10.2. The maximum Gasteiger partial charge on any atom is 0.251 e. The molecule has 0 aliphatic carbocycles. The number of methoxy groups -OCH3 is 1. The molecule has 2 aromatic rings. The minimum atomic E-state index is -0.209. The molecule has 2 rings (SSSR count). The molecule has 4 N–H and O–H groups in total. The van der Waals surface area contributed by atoms with E-state index in [1.807, 2.05) is 6.07 Å². The molecule has 0 saturated carbocycles. The molecule has 2 heterocycles. The number of hydrogen-bond donors (Lipinski definition) is 3. The molecule has 0 saturated heterocycles. The average molecular weight is 273 g/mol. The van der Waals surface area contributed by atoms with Crippen LogP contribution in [0.15, 0.2) is 36.7 Å². The molecule has 2 aromatic heterocycles. The van der Waals surface area contributed by atoms with Gasteiger partial charge in [0.15, 0.2) is 0 Å². The zero-order valence-electron chi connectivity index (χ0n) is 11.0. The van der Waals surface area contributed by atoms with E-state index in [1.165, 1.54) is 6.20 Å². The highest BCUT2D eigenvalue weighted by Crippen LogP contribution is 2.08. The van der Waals surface area contributed by atoms with Gasteiger partial charge in [0.2, 0.25) is 5.88 Å². The first-order chi connectivity index (χ1) is 9.72. The van der Waals surface area contributed by atoms with Gasteiger partial charge in [0.05, 0.1) is 7.11 Å². The zero-order valence-corrected chi connectivity index (χ0v) is 11.0. The van der Waals surface area contributed by atoms with Gasteiger partial charge in [0, 0.05) is 30.6 Å². The summed E-state index contributed by atoms with van der Waals surface area (Å²) in [6, 6.07) is 6.76. The van der Waals surface area contributed by atoms with Gasteiger partial charge in [0.25, 0.3) is 5.91 Å². The Bertz CT molecular complexity index is 586. The number of hydrazine groups is 1. The number of hydrogen-bond acceptors (Lipinski definition) is 6. The van der Waals surface area contributed by atoms with Crippen LogP contribution in [0.2, 0.25) is 0 Å². The fourth-order valence-electron chi connectivity index (χ4n) is 1.57. The Morgan fingerprint density at radius 3 is 2.85 bits per heavy atom. The monoisotopic (exact) mass is 273 g/mol. The molecule has 0 radical (unpaired) electrons. The fourth-order valence-corrected chi connectivity index (χ4v) is 1.57. The van der Waals surface area contributed by atoms with E-state index in [9.17, 15) is 4.79 Å². The number of carbonyl (C=O) groups excluding carboxylic acids is 1. The van der Waals surface area contributed by atoms with Gasteiger partial charge in [0.1, 0.15) is 5.82 Å². The first-order valence-electron chi connectivity index (χ1n) is 5.92. The molecule has 7 heteroatoms. The van der Waals surface area contributed by atoms with Crippen LogP contribution in [-0.4, -0.2) is 23.0 Å². The minimum absolute atomic E-state index is 0.209. The number of aromatic nitrogens is 2. The second-order valence-corrected chi connectivity index (χ2v) is 3.97. The Balaban J connectivity index is 1.97. The third-order valence-electron chi connectivity index (χ3n) is 2.63. The van der Waals surface area contributed by atoms with E-state index in [0.717, 1.165) is 5.56 Å². The van der Waals surface area contributed by atoms with Crippen LogP contribution in [0.3, 0.4) is 0 Å². The van der Waals surface area contributed by atoms with Gasteiger partial charge in [-0.1, -0.05) is 6.07 Å². The summed E-state index contributed by atoms with van der Waals surface area (Å²) in [5.74, 6) is 6.01. The molecule has 0 unspecified atom stereocenters. The lowest BCUT2D eigenvalue weighted by Gasteiger charge is -2.07. The maximum absolute atomic E-state index is 12.0. The largest absolute Gasteiger partial charge is 0.481 e. The van der Waals surface area contributed by atoms with Crippen molar-refractivity contribution in [3.05, 3.63) is 47.8 Å². The van der Waals surface area contributed by atoms with Crippen LogP contribution in [0.25, 0.3) is 0 Å². The van der Waals surface area contributed by atoms with Crippen molar-refractivity contribution in [1.82, 2.24) is 15.3 Å². The smallest absolute Gasteiger partial charge is 0.251 e. The second-order valence-electron chi connectivity index (χ2n) is 3.97. The van der Waals surface area contributed by atoms with Crippen molar-refractivity contribution in [1.29, 1.82) is 0 Å². The van der Waals surface area contributed by atoms with Crippen LogP contribution < -0.4 is 21.3 Å². The van der Waals surface area contributed by atoms with Gasteiger partial charge < -0.3 is 15.5 Å². The highest BCUT2D eigenvalue weighted by molar-refractivity contribution is 5.94. The van der Waals surface area contributed by atoms with Crippen LogP contribution in [-0.2, 0) is 6.54 Å². The fraction of sp³-hybridized carbons (Fsp3) is 0.154. The lowest BCUT2D eigenvalue weighted by molar-refractivity contribution is 0.0951. The van der Waals surface area contributed by atoms with Crippen molar-refractivity contribution in [2.24, 2.45) is 5.84 Å². The third-order valence-corrected chi connectivity index (χ3v) is 2.63. The molecular weight excluding hydrogens is 258 g/mol. The number of anilines is 1. The first kappa shape index (κ1) is 13.8. The van der Waals surface area contributed by atoms with Gasteiger partial charge in [-0.2, -0.15) is 0 Å². The van der Waals surface area contributed by atoms with E-state index in [0.29, 0.717) is 23.8 Å². The number of nitrogens with zero attached hydrogens (tertiary/aromatic N) is 2. The normalized spacial score (nSPS) is 9.90. The average Bonchev–Trinajstić information content (AvgIpc) is 2.53. The molecule has 7 nitrogen and oxygen atoms in total. The van der Waals surface area contributed by atoms with Crippen LogP contribution >= 0.6 is 0 Å². The number of ether oxygens (including phenoxy) is 1. The van der Waals surface area contributed by atoms with E-state index < -0.39 is 0 Å². The maximum atomic E-state index is 12.0. The summed E-state index contributed by atoms with van der Waals surface area (Å²) >= 11 is 0. The Labute approximate surface area is 116 Å². The van der Waals surface area contributed by atoms with Gasteiger partial charge >= 0.3 is 0 Å². The summed E-state index contributed by atoms with van der Waals surface area (Å²) in [6.07, 6.45) is 3.16. The Morgan fingerprint density at radius 1 is 1.35 bits per heavy atom. The summed E-state index contributed by atoms with van der Waals surface area (Å²) in [6.45, 7) is 0.379. The highest BCUT2D eigenvalue weighted by atomic mass is 16.5. The molecule has 0 aliphatic heterocycles. The molecule has 0 aromatic carbocycles. The molecule has 0 fully saturated rings. The summed E-state index contributed by atoms with van der Waals surface area (Å²) in [4.78, 5) is 20.0. The molecule has 1 amide bonds. The predicted molar refractivity (Wildman–Crippen MR) is 74.0 cm³/mol. The quantitative estimate of drug-likeness (QED) is 0.547. The van der Waals surface area contributed by atoms with Crippen molar-refractivity contribution < 1.29 is 9.53 Å². The number of nitrogen functional groups attached to an aromatic ring is 1. The van der Waals surface area contributed by atoms with E-state index in [2.05, 4.69) is 20.7 Å². The van der Waals surface area contributed by atoms with E-state index >= 15 is 0 Å². The number of amides is 1. The number of pyridine rings is 2. The molecule has 0 bridgehead atoms. The number of rotatable bonds is 5. The number of nitrogens with two attached hydrogens (primary N) is 1. The van der Waals surface area contributed by atoms with Crippen molar-refractivity contribution in [2.45, 2.75) is 6.54 Å². The zero-order chi connectivity index (χ0) is 14.4. The second kappa shape index (κ2) is 6.48. The van der Waals surface area contributed by atoms with Crippen LogP contribution in [0.4, 0.5) is 5.82 Å². The van der Waals surface area contributed by atoms with E-state index in [-0.39, 0.29) is 5.91 Å². The molecule has 0 aliphatic rings. The first-order valence-corrected chi connectivity index (χ1v) is 5.92. The molecule has 0 spiro atoms. The summed E-state index contributed by atoms with van der Waals surface area (Å²) in [5, 5.41) is 2.79. The van der Waals surface area contributed by atoms with Crippen LogP contribution in [0, 0.1) is 0 Å². The summed E-state index contributed by atoms with van der Waals surface area (Å²) in [7, 11) is 1.55. The predicted octanol–water partition coefficient (Wildman–Crippen LogP) is 0.701. The molecule has 104 valence electrons. The van der Waals surface area contributed by atoms with Crippen molar-refractivity contribution in [3.8, 4) is 5.88 Å². The molecule has 20 heavy (non-hydrogen) atoms. The SMILES string of the molecule is COc1ccc(CNC(=O)c2ccnc(NN)c2)cn1.